The molecule has 2 heterocycles. The van der Waals surface area contributed by atoms with E-state index in [0.717, 1.165) is 37.1 Å². The second-order valence-electron chi connectivity index (χ2n) is 6.40. The molecule has 4 heteroatoms. The Bertz CT molecular complexity index is 736. The topological polar surface area (TPSA) is 29.0 Å². The molecule has 0 amide bonds. The van der Waals surface area contributed by atoms with Crippen molar-refractivity contribution in [2.75, 3.05) is 19.6 Å². The van der Waals surface area contributed by atoms with E-state index in [9.17, 15) is 4.39 Å². The van der Waals surface area contributed by atoms with Gasteiger partial charge in [-0.1, -0.05) is 11.6 Å². The molecule has 23 heavy (non-hydrogen) atoms. The Labute approximate surface area is 135 Å². The number of allylic oxidation sites excluding steroid dienone is 1. The summed E-state index contributed by atoms with van der Waals surface area (Å²) in [7, 11) is 0. The fourth-order valence-corrected chi connectivity index (χ4v) is 3.50. The van der Waals surface area contributed by atoms with Gasteiger partial charge in [-0.15, -0.1) is 0 Å². The number of likely N-dealkylation sites (tertiary alicyclic amines) is 1. The fraction of sp³-hybridized carbons (Fsp3) is 0.368. The zero-order chi connectivity index (χ0) is 15.6. The molecule has 0 saturated carbocycles. The van der Waals surface area contributed by atoms with Crippen molar-refractivity contribution in [2.45, 2.75) is 25.7 Å². The van der Waals surface area contributed by atoms with Gasteiger partial charge in [0, 0.05) is 19.2 Å². The van der Waals surface area contributed by atoms with E-state index in [-0.39, 0.29) is 5.82 Å². The molecule has 0 bridgehead atoms. The second-order valence-corrected chi connectivity index (χ2v) is 6.40. The molecule has 1 aromatic heterocycles. The predicted molar refractivity (Wildman–Crippen MR) is 88.4 cm³/mol. The van der Waals surface area contributed by atoms with Crippen molar-refractivity contribution in [2.24, 2.45) is 0 Å². The highest BCUT2D eigenvalue weighted by atomic mass is 19.1. The number of aromatic nitrogens is 2. The van der Waals surface area contributed by atoms with Crippen molar-refractivity contribution in [3.63, 3.8) is 0 Å². The van der Waals surface area contributed by atoms with E-state index in [1.807, 2.05) is 18.2 Å². The summed E-state index contributed by atoms with van der Waals surface area (Å²) >= 11 is 0. The van der Waals surface area contributed by atoms with E-state index in [1.54, 1.807) is 18.3 Å². The highest BCUT2D eigenvalue weighted by Crippen LogP contribution is 2.37. The third-order valence-corrected chi connectivity index (χ3v) is 4.89. The summed E-state index contributed by atoms with van der Waals surface area (Å²) in [6, 6.07) is 9.10. The van der Waals surface area contributed by atoms with Crippen LogP contribution in [0.4, 0.5) is 4.39 Å². The van der Waals surface area contributed by atoms with Crippen molar-refractivity contribution in [1.29, 1.82) is 0 Å². The lowest BCUT2D eigenvalue weighted by molar-refractivity contribution is 0.184. The largest absolute Gasteiger partial charge is 0.303 e. The third kappa shape index (κ3) is 3.04. The Hall–Kier alpha value is -2.07. The van der Waals surface area contributed by atoms with Crippen molar-refractivity contribution >= 4 is 5.57 Å². The minimum Gasteiger partial charge on any atom is -0.303 e. The lowest BCUT2D eigenvalue weighted by Crippen LogP contribution is -2.37. The maximum Gasteiger partial charge on any atom is 0.123 e. The summed E-state index contributed by atoms with van der Waals surface area (Å²) < 4.78 is 13.6. The van der Waals surface area contributed by atoms with Gasteiger partial charge < -0.3 is 4.90 Å². The van der Waals surface area contributed by atoms with Gasteiger partial charge >= 0.3 is 0 Å². The molecule has 1 saturated heterocycles. The Kier molecular flexibility index (Phi) is 3.92. The maximum atomic E-state index is 13.6. The van der Waals surface area contributed by atoms with Crippen molar-refractivity contribution in [3.05, 3.63) is 64.7 Å². The van der Waals surface area contributed by atoms with Gasteiger partial charge in [-0.3, -0.25) is 0 Å². The molecule has 2 aromatic rings. The molecule has 2 aliphatic rings. The van der Waals surface area contributed by atoms with Crippen LogP contribution < -0.4 is 0 Å². The van der Waals surface area contributed by atoms with Crippen LogP contribution in [0.3, 0.4) is 0 Å². The van der Waals surface area contributed by atoms with E-state index in [1.165, 1.54) is 36.2 Å². The van der Waals surface area contributed by atoms with Crippen LogP contribution in [0.25, 0.3) is 5.57 Å². The van der Waals surface area contributed by atoms with Crippen LogP contribution >= 0.6 is 0 Å². The molecular formula is C19H20FN3. The summed E-state index contributed by atoms with van der Waals surface area (Å²) in [5, 5.41) is 8.20. The van der Waals surface area contributed by atoms with Crippen LogP contribution in [-0.4, -0.2) is 34.7 Å². The van der Waals surface area contributed by atoms with Crippen molar-refractivity contribution in [1.82, 2.24) is 15.1 Å². The number of benzene rings is 1. The molecule has 1 fully saturated rings. The lowest BCUT2D eigenvalue weighted by atomic mass is 9.99. The van der Waals surface area contributed by atoms with Crippen LogP contribution in [0.5, 0.6) is 0 Å². The molecule has 4 rings (SSSR count). The van der Waals surface area contributed by atoms with Gasteiger partial charge in [0.25, 0.3) is 0 Å². The van der Waals surface area contributed by atoms with Gasteiger partial charge in [0.15, 0.2) is 0 Å². The minimum atomic E-state index is -0.147. The molecule has 0 spiro atoms. The third-order valence-electron chi connectivity index (χ3n) is 4.89. The minimum absolute atomic E-state index is 0.147. The number of nitrogens with zero attached hydrogens (tertiary/aromatic N) is 3. The summed E-state index contributed by atoms with van der Waals surface area (Å²) in [6.45, 7) is 3.54. The quantitative estimate of drug-likeness (QED) is 0.849. The van der Waals surface area contributed by atoms with Gasteiger partial charge in [0.2, 0.25) is 0 Å². The van der Waals surface area contributed by atoms with Crippen LogP contribution in [-0.2, 0) is 12.8 Å². The number of halogens is 1. The molecule has 1 aliphatic heterocycles. The average Bonchev–Trinajstić information content (AvgIpc) is 2.84. The Morgan fingerprint density at radius 2 is 2.09 bits per heavy atom. The van der Waals surface area contributed by atoms with E-state index in [2.05, 4.69) is 15.1 Å². The highest BCUT2D eigenvalue weighted by molar-refractivity contribution is 5.77. The van der Waals surface area contributed by atoms with Gasteiger partial charge in [-0.25, -0.2) is 4.39 Å². The van der Waals surface area contributed by atoms with Crippen LogP contribution in [0.2, 0.25) is 0 Å². The normalized spacial score (nSPS) is 17.3. The van der Waals surface area contributed by atoms with Gasteiger partial charge in [-0.05, 0) is 73.3 Å². The average molecular weight is 309 g/mol. The van der Waals surface area contributed by atoms with Crippen molar-refractivity contribution < 1.29 is 4.39 Å². The SMILES string of the molecule is Fc1ccc2c(c1)CC(CCN1CCC1)=C2Cc1cccnn1. The first-order valence-electron chi connectivity index (χ1n) is 8.28. The van der Waals surface area contributed by atoms with Crippen molar-refractivity contribution in [3.8, 4) is 0 Å². The van der Waals surface area contributed by atoms with Gasteiger partial charge in [-0.2, -0.15) is 10.2 Å². The number of hydrogen-bond donors (Lipinski definition) is 0. The monoisotopic (exact) mass is 309 g/mol. The first-order valence-corrected chi connectivity index (χ1v) is 8.28. The molecule has 0 unspecified atom stereocenters. The van der Waals surface area contributed by atoms with E-state index in [4.69, 9.17) is 0 Å². The molecule has 0 atom stereocenters. The molecular weight excluding hydrogens is 289 g/mol. The Balaban J connectivity index is 1.61. The molecule has 1 aliphatic carbocycles. The molecule has 118 valence electrons. The number of fused-ring (bicyclic) bond motifs is 1. The summed E-state index contributed by atoms with van der Waals surface area (Å²) in [5.41, 5.74) is 6.03. The number of hydrogen-bond acceptors (Lipinski definition) is 3. The number of rotatable bonds is 5. The van der Waals surface area contributed by atoms with Gasteiger partial charge in [0.1, 0.15) is 5.82 Å². The van der Waals surface area contributed by atoms with Crippen LogP contribution in [0, 0.1) is 5.82 Å². The maximum absolute atomic E-state index is 13.6. The highest BCUT2D eigenvalue weighted by Gasteiger charge is 2.23. The zero-order valence-electron chi connectivity index (χ0n) is 13.1. The molecule has 0 radical (unpaired) electrons. The van der Waals surface area contributed by atoms with Gasteiger partial charge in [0.05, 0.1) is 5.69 Å². The first kappa shape index (κ1) is 14.5. The summed E-state index contributed by atoms with van der Waals surface area (Å²) in [6.07, 6.45) is 5.72. The Morgan fingerprint density at radius 1 is 1.17 bits per heavy atom. The summed E-state index contributed by atoms with van der Waals surface area (Å²) in [4.78, 5) is 2.48. The smallest absolute Gasteiger partial charge is 0.123 e. The molecule has 1 aromatic carbocycles. The Morgan fingerprint density at radius 3 is 2.83 bits per heavy atom. The van der Waals surface area contributed by atoms with E-state index < -0.39 is 0 Å². The predicted octanol–water partition coefficient (Wildman–Crippen LogP) is 3.26. The van der Waals surface area contributed by atoms with Crippen LogP contribution in [0.1, 0.15) is 29.7 Å². The first-order chi connectivity index (χ1) is 11.3. The van der Waals surface area contributed by atoms with Crippen LogP contribution in [0.15, 0.2) is 42.1 Å². The fourth-order valence-electron chi connectivity index (χ4n) is 3.50. The molecule has 0 N–H and O–H groups in total. The van der Waals surface area contributed by atoms with E-state index in [0.29, 0.717) is 0 Å². The zero-order valence-corrected chi connectivity index (χ0v) is 13.1. The lowest BCUT2D eigenvalue weighted by Gasteiger charge is -2.30. The second kappa shape index (κ2) is 6.20. The van der Waals surface area contributed by atoms with E-state index >= 15 is 0 Å². The molecule has 3 nitrogen and oxygen atoms in total. The summed E-state index contributed by atoms with van der Waals surface area (Å²) in [5.74, 6) is -0.147. The standard InChI is InChI=1S/C19H20FN3/c20-16-4-5-18-15(12-16)11-14(6-10-23-8-2-9-23)19(18)13-17-3-1-7-21-22-17/h1,3-5,7,12H,2,6,8-11,13H2.